The number of hydrogen-bond acceptors (Lipinski definition) is 4. The van der Waals surface area contributed by atoms with E-state index >= 15 is 0 Å². The second kappa shape index (κ2) is 16.0. The molecule has 0 unspecified atom stereocenters. The van der Waals surface area contributed by atoms with E-state index in [4.69, 9.17) is 9.72 Å². The van der Waals surface area contributed by atoms with Gasteiger partial charge in [0.05, 0.1) is 6.61 Å². The minimum absolute atomic E-state index is 0.177. The van der Waals surface area contributed by atoms with Crippen molar-refractivity contribution in [2.45, 2.75) is 66.0 Å². The van der Waals surface area contributed by atoms with Crippen molar-refractivity contribution in [2.24, 2.45) is 0 Å². The Balaban J connectivity index is 0.00000146. The van der Waals surface area contributed by atoms with E-state index in [0.717, 1.165) is 50.3 Å². The number of aromatic nitrogens is 1. The minimum atomic E-state index is -0.900. The smallest absolute Gasteiger partial charge is 0.136 e. The number of aryl methyl sites for hydroxylation is 2. The third-order valence-corrected chi connectivity index (χ3v) is 4.03. The van der Waals surface area contributed by atoms with Crippen molar-refractivity contribution in [3.63, 3.8) is 0 Å². The van der Waals surface area contributed by atoms with Crippen molar-refractivity contribution in [1.29, 1.82) is 0 Å². The number of pyridine rings is 1. The highest BCUT2D eigenvalue weighted by Gasteiger charge is 2.11. The highest BCUT2D eigenvalue weighted by Crippen LogP contribution is 2.20. The lowest BCUT2D eigenvalue weighted by Crippen LogP contribution is -2.30. The van der Waals surface area contributed by atoms with Gasteiger partial charge in [-0.1, -0.05) is 33.8 Å². The van der Waals surface area contributed by atoms with Crippen molar-refractivity contribution < 1.29 is 9.13 Å². The molecule has 26 heavy (non-hydrogen) atoms. The van der Waals surface area contributed by atoms with Gasteiger partial charge in [-0.15, -0.1) is 0 Å². The van der Waals surface area contributed by atoms with E-state index in [1.165, 1.54) is 19.1 Å². The Morgan fingerprint density at radius 3 is 2.65 bits per heavy atom. The van der Waals surface area contributed by atoms with Crippen molar-refractivity contribution in [3.05, 3.63) is 23.4 Å². The van der Waals surface area contributed by atoms with Crippen LogP contribution in [0, 0.1) is 0 Å². The van der Waals surface area contributed by atoms with Gasteiger partial charge in [0.2, 0.25) is 0 Å². The van der Waals surface area contributed by atoms with Gasteiger partial charge in [-0.3, -0.25) is 0 Å². The van der Waals surface area contributed by atoms with E-state index in [-0.39, 0.29) is 6.61 Å². The fourth-order valence-corrected chi connectivity index (χ4v) is 2.86. The zero-order valence-corrected chi connectivity index (χ0v) is 17.8. The largest absolute Gasteiger partial charge is 0.382 e. The first-order valence-corrected chi connectivity index (χ1v) is 10.2. The average molecular weight is 370 g/mol. The summed E-state index contributed by atoms with van der Waals surface area (Å²) >= 11 is 0. The molecule has 1 atom stereocenters. The summed E-state index contributed by atoms with van der Waals surface area (Å²) in [6, 6.07) is 4.35. The van der Waals surface area contributed by atoms with Gasteiger partial charge in [-0.2, -0.15) is 0 Å². The molecule has 0 bridgehead atoms. The summed E-state index contributed by atoms with van der Waals surface area (Å²) in [5.74, 6) is 1.07. The summed E-state index contributed by atoms with van der Waals surface area (Å²) in [6.45, 7) is 10.6. The van der Waals surface area contributed by atoms with E-state index in [0.29, 0.717) is 6.54 Å². The highest BCUT2D eigenvalue weighted by molar-refractivity contribution is 5.46. The van der Waals surface area contributed by atoms with Gasteiger partial charge < -0.3 is 15.0 Å². The minimum Gasteiger partial charge on any atom is -0.382 e. The first kappa shape index (κ1) is 24.8. The van der Waals surface area contributed by atoms with E-state index in [1.807, 2.05) is 39.6 Å². The van der Waals surface area contributed by atoms with Crippen LogP contribution in [-0.4, -0.2) is 56.5 Å². The van der Waals surface area contributed by atoms with Crippen LogP contribution in [-0.2, 0) is 17.6 Å². The van der Waals surface area contributed by atoms with Gasteiger partial charge in [-0.25, -0.2) is 9.37 Å². The summed E-state index contributed by atoms with van der Waals surface area (Å²) in [5.41, 5.74) is 2.49. The number of methoxy groups -OCH3 is 1. The van der Waals surface area contributed by atoms with Gasteiger partial charge in [0.1, 0.15) is 12.0 Å². The molecule has 4 nitrogen and oxygen atoms in total. The number of ether oxygens (including phenoxy) is 1. The van der Waals surface area contributed by atoms with Crippen LogP contribution in [0.2, 0.25) is 0 Å². The molecule has 1 N–H and O–H groups in total. The Bertz CT molecular complexity index is 457. The Morgan fingerprint density at radius 2 is 1.96 bits per heavy atom. The maximum Gasteiger partial charge on any atom is 0.136 e. The molecular formula is C21H40FN3O. The van der Waals surface area contributed by atoms with Crippen molar-refractivity contribution in [3.8, 4) is 0 Å². The zero-order chi connectivity index (χ0) is 19.8. The number of unbranched alkanes of at least 4 members (excludes halogenated alkanes) is 1. The number of fused-ring (bicyclic) bond motifs is 1. The number of nitrogens with zero attached hydrogens (tertiary/aromatic N) is 2. The molecule has 0 saturated heterocycles. The summed E-state index contributed by atoms with van der Waals surface area (Å²) in [6.07, 6.45) is 4.55. The Kier molecular flexibility index (Phi) is 15.3. The van der Waals surface area contributed by atoms with Crippen LogP contribution in [0.25, 0.3) is 0 Å². The maximum absolute atomic E-state index is 13.4. The Hall–Kier alpha value is -1.20. The number of halogens is 1. The fourth-order valence-electron chi connectivity index (χ4n) is 2.86. The third-order valence-electron chi connectivity index (χ3n) is 4.03. The number of rotatable bonds is 9. The number of hydrogen-bond donors (Lipinski definition) is 1. The lowest BCUT2D eigenvalue weighted by molar-refractivity contribution is 0.0999. The summed E-state index contributed by atoms with van der Waals surface area (Å²) < 4.78 is 18.2. The quantitative estimate of drug-likeness (QED) is 0.639. The van der Waals surface area contributed by atoms with Crippen LogP contribution in [0.15, 0.2) is 12.1 Å². The number of nitrogens with one attached hydrogen (secondary N) is 1. The van der Waals surface area contributed by atoms with Gasteiger partial charge in [-0.05, 0) is 57.3 Å². The van der Waals surface area contributed by atoms with Crippen molar-refractivity contribution >= 4 is 5.82 Å². The topological polar surface area (TPSA) is 37.4 Å². The predicted molar refractivity (Wildman–Crippen MR) is 111 cm³/mol. The van der Waals surface area contributed by atoms with Crippen LogP contribution in [0.4, 0.5) is 10.2 Å². The lowest BCUT2D eigenvalue weighted by atomic mass is 10.1. The predicted octanol–water partition coefficient (Wildman–Crippen LogP) is 4.73. The van der Waals surface area contributed by atoms with E-state index in [2.05, 4.69) is 17.4 Å². The second-order valence-corrected chi connectivity index (χ2v) is 6.11. The van der Waals surface area contributed by atoms with Crippen LogP contribution in [0.3, 0.4) is 0 Å². The first-order valence-electron chi connectivity index (χ1n) is 10.2. The van der Waals surface area contributed by atoms with Gasteiger partial charge in [0.25, 0.3) is 0 Å². The molecule has 0 fully saturated rings. The standard InChI is InChI=1S/C17H28FN3O.2C2H6/c1-21(12-15(18)13-22-2)11-4-3-7-16-9-8-14-6-5-10-19-17(14)20-16;2*1-2/h8-9,15H,3-7,10-13H2,1-2H3,(H,19,20);2*1-2H3/t15-;;/m0../s1. The number of alkyl halides is 1. The molecule has 1 aliphatic heterocycles. The number of anilines is 1. The normalized spacial score (nSPS) is 13.5. The summed E-state index contributed by atoms with van der Waals surface area (Å²) in [4.78, 5) is 6.73. The van der Waals surface area contributed by atoms with Gasteiger partial charge >= 0.3 is 0 Å². The molecular weight excluding hydrogens is 329 g/mol. The van der Waals surface area contributed by atoms with Gasteiger partial charge in [0, 0.05) is 25.9 Å². The van der Waals surface area contributed by atoms with Crippen LogP contribution in [0.1, 0.15) is 58.2 Å². The third kappa shape index (κ3) is 10.1. The first-order chi connectivity index (χ1) is 12.7. The summed E-state index contributed by atoms with van der Waals surface area (Å²) in [7, 11) is 3.50. The molecule has 5 heteroatoms. The molecule has 1 aromatic rings. The SMILES string of the molecule is CC.CC.COC[C@@H](F)CN(C)CCCCc1ccc2c(n1)NCCC2. The van der Waals surface area contributed by atoms with Crippen LogP contribution in [0.5, 0.6) is 0 Å². The fraction of sp³-hybridized carbons (Fsp3) is 0.762. The molecule has 0 saturated carbocycles. The zero-order valence-electron chi connectivity index (χ0n) is 17.8. The van der Waals surface area contributed by atoms with E-state index < -0.39 is 6.17 Å². The molecule has 0 amide bonds. The Labute approximate surface area is 160 Å². The molecule has 0 aromatic carbocycles. The summed E-state index contributed by atoms with van der Waals surface area (Å²) in [5, 5.41) is 3.37. The Morgan fingerprint density at radius 1 is 1.23 bits per heavy atom. The van der Waals surface area contributed by atoms with E-state index in [1.54, 1.807) is 0 Å². The molecule has 2 rings (SSSR count). The molecule has 0 aliphatic carbocycles. The lowest BCUT2D eigenvalue weighted by Gasteiger charge is -2.19. The van der Waals surface area contributed by atoms with Crippen LogP contribution < -0.4 is 5.32 Å². The molecule has 152 valence electrons. The van der Waals surface area contributed by atoms with Gasteiger partial charge in [0.15, 0.2) is 0 Å². The molecule has 2 heterocycles. The molecule has 0 spiro atoms. The second-order valence-electron chi connectivity index (χ2n) is 6.11. The molecule has 1 aromatic heterocycles. The maximum atomic E-state index is 13.4. The van der Waals surface area contributed by atoms with Crippen molar-refractivity contribution in [1.82, 2.24) is 9.88 Å². The van der Waals surface area contributed by atoms with E-state index in [9.17, 15) is 4.39 Å². The average Bonchev–Trinajstić information content (AvgIpc) is 2.68. The molecule has 1 aliphatic rings. The van der Waals surface area contributed by atoms with Crippen molar-refractivity contribution in [2.75, 3.05) is 45.7 Å². The monoisotopic (exact) mass is 369 g/mol. The molecule has 0 radical (unpaired) electrons. The highest BCUT2D eigenvalue weighted by atomic mass is 19.1. The van der Waals surface area contributed by atoms with Crippen LogP contribution >= 0.6 is 0 Å².